The number of aryl methyl sites for hydroxylation is 1. The van der Waals surface area contributed by atoms with Crippen molar-refractivity contribution in [2.24, 2.45) is 0 Å². The van der Waals surface area contributed by atoms with Crippen LogP contribution in [-0.4, -0.2) is 28.6 Å². The number of halogens is 1. The zero-order valence-corrected chi connectivity index (χ0v) is 12.0. The molecule has 0 unspecified atom stereocenters. The fourth-order valence-corrected chi connectivity index (χ4v) is 2.27. The second-order valence-electron chi connectivity index (χ2n) is 3.99. The Labute approximate surface area is 116 Å². The van der Waals surface area contributed by atoms with Crippen LogP contribution in [0.15, 0.2) is 18.5 Å². The Balaban J connectivity index is 2.25. The molecule has 0 atom stereocenters. The third kappa shape index (κ3) is 3.06. The Bertz CT molecular complexity index is 548. The zero-order valence-electron chi connectivity index (χ0n) is 10.4. The predicted octanol–water partition coefficient (Wildman–Crippen LogP) is 3.72. The van der Waals surface area contributed by atoms with Crippen LogP contribution in [0.2, 0.25) is 5.15 Å². The topological polar surface area (TPSA) is 35.0 Å². The molecule has 0 bridgehead atoms. The summed E-state index contributed by atoms with van der Waals surface area (Å²) in [5.41, 5.74) is 1.07. The Hall–Kier alpha value is -1.00. The molecule has 0 aliphatic heterocycles. The van der Waals surface area contributed by atoms with Gasteiger partial charge >= 0.3 is 0 Å². The second kappa shape index (κ2) is 6.25. The molecular formula is C13H15ClN2OS. The number of pyridine rings is 2. The van der Waals surface area contributed by atoms with Gasteiger partial charge in [0, 0.05) is 12.4 Å². The van der Waals surface area contributed by atoms with E-state index in [4.69, 9.17) is 16.3 Å². The molecule has 0 aromatic carbocycles. The maximum atomic E-state index is 5.91. The van der Waals surface area contributed by atoms with Gasteiger partial charge in [0.15, 0.2) is 0 Å². The van der Waals surface area contributed by atoms with E-state index >= 15 is 0 Å². The summed E-state index contributed by atoms with van der Waals surface area (Å²) < 4.78 is 5.71. The number of fused-ring (bicyclic) bond motifs is 1. The van der Waals surface area contributed by atoms with Crippen LogP contribution in [0, 0.1) is 6.92 Å². The Kier molecular flexibility index (Phi) is 4.66. The van der Waals surface area contributed by atoms with Gasteiger partial charge in [-0.3, -0.25) is 0 Å². The molecule has 0 aliphatic rings. The first-order valence-corrected chi connectivity index (χ1v) is 7.52. The van der Waals surface area contributed by atoms with E-state index in [0.29, 0.717) is 17.6 Å². The molecule has 2 aromatic heterocycles. The number of hydrogen-bond acceptors (Lipinski definition) is 4. The molecule has 2 rings (SSSR count). The third-order valence-electron chi connectivity index (χ3n) is 2.63. The summed E-state index contributed by atoms with van der Waals surface area (Å²) >= 11 is 7.73. The van der Waals surface area contributed by atoms with Crippen molar-refractivity contribution in [1.82, 2.24) is 9.97 Å². The van der Waals surface area contributed by atoms with Crippen LogP contribution in [0.3, 0.4) is 0 Å². The van der Waals surface area contributed by atoms with Crippen molar-refractivity contribution in [2.75, 3.05) is 18.6 Å². The van der Waals surface area contributed by atoms with Gasteiger partial charge in [-0.25, -0.2) is 9.97 Å². The highest BCUT2D eigenvalue weighted by Gasteiger charge is 2.07. The minimum absolute atomic E-state index is 0.491. The van der Waals surface area contributed by atoms with Gasteiger partial charge in [0.05, 0.1) is 12.0 Å². The van der Waals surface area contributed by atoms with Crippen LogP contribution in [-0.2, 0) is 0 Å². The normalized spacial score (nSPS) is 10.8. The molecule has 5 heteroatoms. The second-order valence-corrected chi connectivity index (χ2v) is 5.37. The highest BCUT2D eigenvalue weighted by molar-refractivity contribution is 7.98. The van der Waals surface area contributed by atoms with Gasteiger partial charge in [-0.15, -0.1) is 0 Å². The molecule has 0 N–H and O–H groups in total. The van der Waals surface area contributed by atoms with Gasteiger partial charge in [0.1, 0.15) is 5.15 Å². The van der Waals surface area contributed by atoms with E-state index in [1.165, 1.54) is 0 Å². The lowest BCUT2D eigenvalue weighted by Gasteiger charge is -2.09. The summed E-state index contributed by atoms with van der Waals surface area (Å²) in [4.78, 5) is 8.42. The first-order valence-electron chi connectivity index (χ1n) is 5.75. The largest absolute Gasteiger partial charge is 0.477 e. The fourth-order valence-electron chi connectivity index (χ4n) is 1.71. The summed E-state index contributed by atoms with van der Waals surface area (Å²) in [5, 5.41) is 2.46. The summed E-state index contributed by atoms with van der Waals surface area (Å²) in [6.45, 7) is 2.68. The molecule has 2 heterocycles. The minimum atomic E-state index is 0.491. The van der Waals surface area contributed by atoms with Crippen LogP contribution in [0.1, 0.15) is 12.0 Å². The number of hydrogen-bond donors (Lipinski definition) is 0. The molecule has 0 fully saturated rings. The third-order valence-corrected chi connectivity index (χ3v) is 3.54. The molecule has 0 saturated heterocycles. The zero-order chi connectivity index (χ0) is 13.0. The SMILES string of the molecule is CSCCCOc1ncc(C)c2cc(Cl)ncc12. The highest BCUT2D eigenvalue weighted by atomic mass is 35.5. The van der Waals surface area contributed by atoms with Gasteiger partial charge in [0.25, 0.3) is 0 Å². The Morgan fingerprint density at radius 3 is 2.89 bits per heavy atom. The van der Waals surface area contributed by atoms with Gasteiger partial charge in [-0.05, 0) is 42.4 Å². The average molecular weight is 283 g/mol. The smallest absolute Gasteiger partial charge is 0.222 e. The van der Waals surface area contributed by atoms with Crippen molar-refractivity contribution < 1.29 is 4.74 Å². The average Bonchev–Trinajstić information content (AvgIpc) is 2.37. The monoisotopic (exact) mass is 282 g/mol. The van der Waals surface area contributed by atoms with Crippen LogP contribution < -0.4 is 4.74 Å². The van der Waals surface area contributed by atoms with Crippen molar-refractivity contribution in [3.05, 3.63) is 29.2 Å². The van der Waals surface area contributed by atoms with Gasteiger partial charge in [-0.2, -0.15) is 11.8 Å². The van der Waals surface area contributed by atoms with E-state index in [9.17, 15) is 0 Å². The summed E-state index contributed by atoms with van der Waals surface area (Å²) in [7, 11) is 0. The van der Waals surface area contributed by atoms with Crippen molar-refractivity contribution in [3.8, 4) is 5.88 Å². The van der Waals surface area contributed by atoms with Crippen LogP contribution >= 0.6 is 23.4 Å². The molecule has 96 valence electrons. The molecular weight excluding hydrogens is 268 g/mol. The summed E-state index contributed by atoms with van der Waals surface area (Å²) in [6, 6.07) is 1.85. The maximum Gasteiger partial charge on any atom is 0.222 e. The number of rotatable bonds is 5. The van der Waals surface area contributed by atoms with E-state index in [2.05, 4.69) is 16.2 Å². The van der Waals surface area contributed by atoms with Crippen LogP contribution in [0.4, 0.5) is 0 Å². The first-order chi connectivity index (χ1) is 8.72. The van der Waals surface area contributed by atoms with Crippen molar-refractivity contribution in [2.45, 2.75) is 13.3 Å². The Morgan fingerprint density at radius 1 is 1.28 bits per heavy atom. The van der Waals surface area contributed by atoms with Gasteiger partial charge in [0.2, 0.25) is 5.88 Å². The lowest BCUT2D eigenvalue weighted by Crippen LogP contribution is -2.01. The molecule has 0 amide bonds. The van der Waals surface area contributed by atoms with Gasteiger partial charge in [-0.1, -0.05) is 11.6 Å². The predicted molar refractivity (Wildman–Crippen MR) is 77.8 cm³/mol. The quantitative estimate of drug-likeness (QED) is 0.618. The molecule has 3 nitrogen and oxygen atoms in total. The van der Waals surface area contributed by atoms with E-state index in [0.717, 1.165) is 28.5 Å². The number of ether oxygens (including phenoxy) is 1. The standard InChI is InChI=1S/C13H15ClN2OS/c1-9-7-16-13(17-4-3-5-18-2)11-8-15-12(14)6-10(9)11/h6-8H,3-5H2,1-2H3. The number of nitrogens with zero attached hydrogens (tertiary/aromatic N) is 2. The number of aromatic nitrogens is 2. The van der Waals surface area contributed by atoms with Crippen LogP contribution in [0.5, 0.6) is 5.88 Å². The van der Waals surface area contributed by atoms with Crippen LogP contribution in [0.25, 0.3) is 10.8 Å². The summed E-state index contributed by atoms with van der Waals surface area (Å²) in [6.07, 6.45) is 6.63. The van der Waals surface area contributed by atoms with E-state index in [1.807, 2.05) is 30.9 Å². The Morgan fingerprint density at radius 2 is 2.11 bits per heavy atom. The minimum Gasteiger partial charge on any atom is -0.477 e. The van der Waals surface area contributed by atoms with E-state index in [-0.39, 0.29) is 0 Å². The maximum absolute atomic E-state index is 5.91. The molecule has 18 heavy (non-hydrogen) atoms. The molecule has 0 aliphatic carbocycles. The van der Waals surface area contributed by atoms with Crippen molar-refractivity contribution >= 4 is 34.1 Å². The van der Waals surface area contributed by atoms with E-state index in [1.54, 1.807) is 6.20 Å². The fraction of sp³-hybridized carbons (Fsp3) is 0.385. The molecule has 0 saturated carbocycles. The summed E-state index contributed by atoms with van der Waals surface area (Å²) in [5.74, 6) is 1.73. The number of thioether (sulfide) groups is 1. The first kappa shape index (κ1) is 13.4. The van der Waals surface area contributed by atoms with E-state index < -0.39 is 0 Å². The molecule has 0 spiro atoms. The van der Waals surface area contributed by atoms with Gasteiger partial charge < -0.3 is 4.74 Å². The highest BCUT2D eigenvalue weighted by Crippen LogP contribution is 2.27. The molecule has 2 aromatic rings. The van der Waals surface area contributed by atoms with Crippen molar-refractivity contribution in [1.29, 1.82) is 0 Å². The lowest BCUT2D eigenvalue weighted by atomic mass is 10.1. The van der Waals surface area contributed by atoms with Crippen molar-refractivity contribution in [3.63, 3.8) is 0 Å². The lowest BCUT2D eigenvalue weighted by molar-refractivity contribution is 0.310. The molecule has 0 radical (unpaired) electrons.